The largest absolute Gasteiger partial charge is 0.410 e. The molecule has 3 aromatic rings. The summed E-state index contributed by atoms with van der Waals surface area (Å²) >= 11 is 15.2. The van der Waals surface area contributed by atoms with Gasteiger partial charge >= 0.3 is 6.18 Å². The highest BCUT2D eigenvalue weighted by molar-refractivity contribution is 9.10. The molecule has 1 aromatic heterocycles. The first-order valence-electron chi connectivity index (χ1n) is 9.06. The number of anilines is 2. The van der Waals surface area contributed by atoms with Gasteiger partial charge < -0.3 is 10.6 Å². The van der Waals surface area contributed by atoms with Gasteiger partial charge in [-0.25, -0.2) is 4.68 Å². The summed E-state index contributed by atoms with van der Waals surface area (Å²) in [5.41, 5.74) is 1.01. The smallest absolute Gasteiger partial charge is 0.363 e. The monoisotopic (exact) mass is 532 g/mol. The lowest BCUT2D eigenvalue weighted by Gasteiger charge is -2.34. The van der Waals surface area contributed by atoms with Crippen LogP contribution < -0.4 is 10.6 Å². The Bertz CT molecular complexity index is 1130. The summed E-state index contributed by atoms with van der Waals surface area (Å²) in [7, 11) is 0. The van der Waals surface area contributed by atoms with Crippen molar-refractivity contribution in [1.29, 1.82) is 0 Å². The molecule has 162 valence electrons. The molecule has 1 aliphatic heterocycles. The number of alkyl halides is 3. The van der Waals surface area contributed by atoms with Crippen LogP contribution in [0.5, 0.6) is 0 Å². The first-order valence-corrected chi connectivity index (χ1v) is 10.6. The Morgan fingerprint density at radius 2 is 1.87 bits per heavy atom. The fourth-order valence-electron chi connectivity index (χ4n) is 3.41. The van der Waals surface area contributed by atoms with Crippen LogP contribution in [0.1, 0.15) is 34.4 Å². The van der Waals surface area contributed by atoms with Crippen LogP contribution >= 0.6 is 39.1 Å². The Morgan fingerprint density at radius 1 is 1.16 bits per heavy atom. The molecule has 2 N–H and O–H groups in total. The van der Waals surface area contributed by atoms with Gasteiger partial charge in [0.25, 0.3) is 5.91 Å². The minimum absolute atomic E-state index is 0.000876. The summed E-state index contributed by atoms with van der Waals surface area (Å²) in [5, 5.41) is 10.1. The van der Waals surface area contributed by atoms with E-state index in [0.717, 1.165) is 15.4 Å². The molecule has 1 amide bonds. The number of halogens is 6. The molecule has 0 unspecified atom stereocenters. The quantitative estimate of drug-likeness (QED) is 0.386. The van der Waals surface area contributed by atoms with Crippen molar-refractivity contribution in [3.63, 3.8) is 0 Å². The van der Waals surface area contributed by atoms with Crippen molar-refractivity contribution in [2.24, 2.45) is 0 Å². The minimum atomic E-state index is -4.53. The van der Waals surface area contributed by atoms with Gasteiger partial charge in [0.05, 0.1) is 22.3 Å². The predicted molar refractivity (Wildman–Crippen MR) is 117 cm³/mol. The number of amides is 1. The molecule has 0 spiro atoms. The topological polar surface area (TPSA) is 59.0 Å². The van der Waals surface area contributed by atoms with E-state index in [0.29, 0.717) is 16.3 Å². The molecule has 0 saturated carbocycles. The second-order valence-corrected chi connectivity index (χ2v) is 8.71. The van der Waals surface area contributed by atoms with Gasteiger partial charge in [0.2, 0.25) is 0 Å². The van der Waals surface area contributed by atoms with Crippen molar-refractivity contribution in [3.8, 4) is 0 Å². The number of aromatic nitrogens is 2. The predicted octanol–water partition coefficient (Wildman–Crippen LogP) is 6.87. The van der Waals surface area contributed by atoms with Crippen molar-refractivity contribution in [3.05, 3.63) is 74.3 Å². The Morgan fingerprint density at radius 3 is 2.52 bits per heavy atom. The lowest BCUT2D eigenvalue weighted by molar-refractivity contribution is -0.173. The van der Waals surface area contributed by atoms with Crippen molar-refractivity contribution >= 4 is 56.5 Å². The maximum absolute atomic E-state index is 13.8. The molecule has 0 fully saturated rings. The van der Waals surface area contributed by atoms with Crippen LogP contribution in [-0.2, 0) is 0 Å². The number of hydrogen-bond donors (Lipinski definition) is 2. The first-order chi connectivity index (χ1) is 14.6. The summed E-state index contributed by atoms with van der Waals surface area (Å²) in [5.74, 6) is -0.622. The molecule has 4 rings (SSSR count). The Balaban J connectivity index is 1.68. The highest BCUT2D eigenvalue weighted by atomic mass is 79.9. The molecular formula is C20H14BrCl2F3N4O. The molecule has 2 atom stereocenters. The van der Waals surface area contributed by atoms with Crippen molar-refractivity contribution in [1.82, 2.24) is 9.78 Å². The fraction of sp³-hybridized carbons (Fsp3) is 0.200. The number of fused-ring (bicyclic) bond motifs is 1. The zero-order valence-corrected chi connectivity index (χ0v) is 18.6. The van der Waals surface area contributed by atoms with Crippen LogP contribution in [0.15, 0.2) is 53.1 Å². The maximum atomic E-state index is 13.8. The van der Waals surface area contributed by atoms with Crippen LogP contribution in [-0.4, -0.2) is 21.9 Å². The van der Waals surface area contributed by atoms with E-state index >= 15 is 0 Å². The Labute approximate surface area is 193 Å². The second-order valence-electron chi connectivity index (χ2n) is 6.98. The third-order valence-electron chi connectivity index (χ3n) is 4.93. The molecule has 2 heterocycles. The van der Waals surface area contributed by atoms with Gasteiger partial charge in [-0.05, 0) is 35.9 Å². The number of nitrogens with one attached hydrogen (secondary N) is 2. The van der Waals surface area contributed by atoms with Gasteiger partial charge in [-0.2, -0.15) is 18.3 Å². The van der Waals surface area contributed by atoms with Gasteiger partial charge in [0, 0.05) is 16.6 Å². The zero-order chi connectivity index (χ0) is 22.3. The van der Waals surface area contributed by atoms with E-state index < -0.39 is 24.2 Å². The lowest BCUT2D eigenvalue weighted by atomic mass is 9.96. The SMILES string of the molecule is O=C(Nc1ccc(Cl)c(Cl)c1)c1cnn2c1N[C@@H](c1ccc(Br)cc1)C[C@@H]2C(F)(F)F. The highest BCUT2D eigenvalue weighted by Crippen LogP contribution is 2.44. The van der Waals surface area contributed by atoms with Crippen molar-refractivity contribution < 1.29 is 18.0 Å². The molecule has 11 heteroatoms. The summed E-state index contributed by atoms with van der Waals surface area (Å²) < 4.78 is 43.0. The summed E-state index contributed by atoms with van der Waals surface area (Å²) in [6.45, 7) is 0. The zero-order valence-electron chi connectivity index (χ0n) is 15.6. The average molecular weight is 534 g/mol. The van der Waals surface area contributed by atoms with Crippen LogP contribution in [0.2, 0.25) is 10.0 Å². The Hall–Kier alpha value is -2.23. The molecular weight excluding hydrogens is 520 g/mol. The normalized spacial score (nSPS) is 18.3. The third-order valence-corrected chi connectivity index (χ3v) is 6.20. The molecule has 2 aromatic carbocycles. The standard InChI is InChI=1S/C20H14BrCl2F3N4O/c21-11-3-1-10(2-4-11)16-8-17(20(24,25)26)30-18(29-16)13(9-27-30)19(31)28-12-5-6-14(22)15(23)7-12/h1-7,9,16-17,29H,8H2,(H,28,31)/t16-,17-/m1/s1. The van der Waals surface area contributed by atoms with Gasteiger partial charge in [-0.15, -0.1) is 0 Å². The fourth-order valence-corrected chi connectivity index (χ4v) is 3.98. The lowest BCUT2D eigenvalue weighted by Crippen LogP contribution is -2.36. The van der Waals surface area contributed by atoms with Crippen LogP contribution in [0.3, 0.4) is 0 Å². The number of hydrogen-bond acceptors (Lipinski definition) is 3. The van der Waals surface area contributed by atoms with E-state index in [-0.39, 0.29) is 22.8 Å². The first kappa shape index (κ1) is 22.0. The second kappa shape index (κ2) is 8.37. The van der Waals surface area contributed by atoms with E-state index in [1.54, 1.807) is 30.3 Å². The highest BCUT2D eigenvalue weighted by Gasteiger charge is 2.47. The molecule has 0 aliphatic carbocycles. The Kier molecular flexibility index (Phi) is 5.93. The van der Waals surface area contributed by atoms with Crippen LogP contribution in [0.25, 0.3) is 0 Å². The van der Waals surface area contributed by atoms with Crippen molar-refractivity contribution in [2.45, 2.75) is 24.7 Å². The molecule has 0 radical (unpaired) electrons. The molecule has 0 bridgehead atoms. The summed E-state index contributed by atoms with van der Waals surface area (Å²) in [6.07, 6.45) is -3.67. The number of nitrogens with zero attached hydrogens (tertiary/aromatic N) is 2. The number of carbonyl (C=O) groups is 1. The third kappa shape index (κ3) is 4.53. The number of rotatable bonds is 3. The number of carbonyl (C=O) groups excluding carboxylic acids is 1. The van der Waals surface area contributed by atoms with Gasteiger partial charge in [0.15, 0.2) is 6.04 Å². The van der Waals surface area contributed by atoms with E-state index in [1.165, 1.54) is 12.1 Å². The van der Waals surface area contributed by atoms with E-state index in [2.05, 4.69) is 31.7 Å². The molecule has 31 heavy (non-hydrogen) atoms. The van der Waals surface area contributed by atoms with E-state index in [1.807, 2.05) is 0 Å². The molecule has 1 aliphatic rings. The van der Waals surface area contributed by atoms with Crippen molar-refractivity contribution in [2.75, 3.05) is 10.6 Å². The molecule has 0 saturated heterocycles. The maximum Gasteiger partial charge on any atom is 0.410 e. The van der Waals surface area contributed by atoms with Gasteiger partial charge in [-0.1, -0.05) is 51.3 Å². The van der Waals surface area contributed by atoms with Crippen LogP contribution in [0, 0.1) is 0 Å². The van der Waals surface area contributed by atoms with E-state index in [4.69, 9.17) is 23.2 Å². The number of benzene rings is 2. The van der Waals surface area contributed by atoms with E-state index in [9.17, 15) is 18.0 Å². The molecule has 5 nitrogen and oxygen atoms in total. The summed E-state index contributed by atoms with van der Waals surface area (Å²) in [6, 6.07) is 8.95. The van der Waals surface area contributed by atoms with Gasteiger partial charge in [-0.3, -0.25) is 4.79 Å². The van der Waals surface area contributed by atoms with Crippen LogP contribution in [0.4, 0.5) is 24.7 Å². The minimum Gasteiger partial charge on any atom is -0.363 e. The average Bonchev–Trinajstić information content (AvgIpc) is 3.14. The van der Waals surface area contributed by atoms with Gasteiger partial charge in [0.1, 0.15) is 11.4 Å². The summed E-state index contributed by atoms with van der Waals surface area (Å²) in [4.78, 5) is 12.8.